The topological polar surface area (TPSA) is 64.8 Å². The van der Waals surface area contributed by atoms with Gasteiger partial charge in [-0.1, -0.05) is 6.07 Å². The van der Waals surface area contributed by atoms with Gasteiger partial charge in [0.05, 0.1) is 5.92 Å². The molecule has 0 saturated carbocycles. The predicted molar refractivity (Wildman–Crippen MR) is 79.2 cm³/mol. The van der Waals surface area contributed by atoms with Crippen molar-refractivity contribution in [2.24, 2.45) is 11.7 Å². The van der Waals surface area contributed by atoms with Crippen molar-refractivity contribution in [3.05, 3.63) is 23.8 Å². The zero-order chi connectivity index (χ0) is 14.8. The number of primary amides is 1. The average molecular weight is 290 g/mol. The van der Waals surface area contributed by atoms with Crippen LogP contribution in [0.4, 0.5) is 0 Å². The smallest absolute Gasteiger partial charge is 0.221 e. The number of carbonyl (C=O) groups excluding carboxylic acids is 1. The fourth-order valence-corrected chi connectivity index (χ4v) is 3.05. The number of rotatable bonds is 3. The van der Waals surface area contributed by atoms with E-state index in [2.05, 4.69) is 17.9 Å². The van der Waals surface area contributed by atoms with Gasteiger partial charge in [0.25, 0.3) is 0 Å². The lowest BCUT2D eigenvalue weighted by molar-refractivity contribution is -0.124. The third-order valence-corrected chi connectivity index (χ3v) is 4.41. The second kappa shape index (κ2) is 5.93. The maximum atomic E-state index is 11.4. The molecule has 2 heterocycles. The molecule has 114 valence electrons. The van der Waals surface area contributed by atoms with Crippen molar-refractivity contribution in [3.63, 3.8) is 0 Å². The van der Waals surface area contributed by atoms with Crippen molar-refractivity contribution < 1.29 is 14.3 Å². The number of ether oxygens (including phenoxy) is 2. The van der Waals surface area contributed by atoms with Crippen molar-refractivity contribution in [1.82, 2.24) is 4.90 Å². The molecule has 1 amide bonds. The Morgan fingerprint density at radius 1 is 1.29 bits per heavy atom. The zero-order valence-corrected chi connectivity index (χ0v) is 12.4. The third kappa shape index (κ3) is 3.13. The second-order valence-corrected chi connectivity index (χ2v) is 5.93. The Morgan fingerprint density at radius 3 is 2.81 bits per heavy atom. The van der Waals surface area contributed by atoms with Gasteiger partial charge in [0.1, 0.15) is 13.2 Å². The number of piperidine rings is 1. The zero-order valence-electron chi connectivity index (χ0n) is 12.4. The molecule has 2 atom stereocenters. The Labute approximate surface area is 125 Å². The number of amides is 1. The number of benzene rings is 1. The lowest BCUT2D eigenvalue weighted by atomic mass is 9.92. The molecular weight excluding hydrogens is 268 g/mol. The molecule has 5 nitrogen and oxygen atoms in total. The molecule has 21 heavy (non-hydrogen) atoms. The van der Waals surface area contributed by atoms with Gasteiger partial charge >= 0.3 is 0 Å². The quantitative estimate of drug-likeness (QED) is 0.917. The van der Waals surface area contributed by atoms with Gasteiger partial charge in [0.2, 0.25) is 5.91 Å². The van der Waals surface area contributed by atoms with Crippen LogP contribution in [0.25, 0.3) is 0 Å². The largest absolute Gasteiger partial charge is 0.486 e. The molecule has 2 aliphatic heterocycles. The molecule has 0 spiro atoms. The Hall–Kier alpha value is -1.75. The van der Waals surface area contributed by atoms with E-state index in [1.807, 2.05) is 12.1 Å². The van der Waals surface area contributed by atoms with Crippen LogP contribution in [0.1, 0.15) is 25.3 Å². The Balaban J connectivity index is 1.71. The van der Waals surface area contributed by atoms with Crippen LogP contribution in [0.5, 0.6) is 11.5 Å². The first-order valence-corrected chi connectivity index (χ1v) is 7.55. The van der Waals surface area contributed by atoms with Crippen LogP contribution in [0, 0.1) is 5.92 Å². The van der Waals surface area contributed by atoms with Crippen molar-refractivity contribution in [2.75, 3.05) is 19.8 Å². The van der Waals surface area contributed by atoms with Crippen LogP contribution in [0.3, 0.4) is 0 Å². The normalized spacial score (nSPS) is 25.6. The number of hydrogen-bond donors (Lipinski definition) is 1. The number of nitrogens with zero attached hydrogens (tertiary/aromatic N) is 1. The predicted octanol–water partition coefficient (Wildman–Crippen LogP) is 1.54. The van der Waals surface area contributed by atoms with Gasteiger partial charge in [-0.15, -0.1) is 0 Å². The van der Waals surface area contributed by atoms with Crippen LogP contribution < -0.4 is 15.2 Å². The van der Waals surface area contributed by atoms with E-state index in [1.54, 1.807) is 0 Å². The van der Waals surface area contributed by atoms with E-state index < -0.39 is 0 Å². The van der Waals surface area contributed by atoms with E-state index in [-0.39, 0.29) is 11.8 Å². The van der Waals surface area contributed by atoms with Gasteiger partial charge in [-0.3, -0.25) is 9.69 Å². The molecule has 0 aromatic heterocycles. The van der Waals surface area contributed by atoms with Gasteiger partial charge in [-0.25, -0.2) is 0 Å². The number of carbonyl (C=O) groups is 1. The van der Waals surface area contributed by atoms with Gasteiger partial charge in [-0.2, -0.15) is 0 Å². The third-order valence-electron chi connectivity index (χ3n) is 4.41. The molecule has 2 N–H and O–H groups in total. The fraction of sp³-hybridized carbons (Fsp3) is 0.562. The molecule has 0 unspecified atom stereocenters. The molecule has 1 saturated heterocycles. The highest BCUT2D eigenvalue weighted by molar-refractivity contribution is 5.77. The Kier molecular flexibility index (Phi) is 4.01. The lowest BCUT2D eigenvalue weighted by Crippen LogP contribution is -2.45. The van der Waals surface area contributed by atoms with Crippen LogP contribution in [-0.2, 0) is 11.3 Å². The second-order valence-electron chi connectivity index (χ2n) is 5.93. The summed E-state index contributed by atoms with van der Waals surface area (Å²) in [7, 11) is 0. The van der Waals surface area contributed by atoms with Crippen molar-refractivity contribution >= 4 is 5.91 Å². The van der Waals surface area contributed by atoms with E-state index >= 15 is 0 Å². The summed E-state index contributed by atoms with van der Waals surface area (Å²) < 4.78 is 11.2. The molecule has 0 radical (unpaired) electrons. The highest BCUT2D eigenvalue weighted by Crippen LogP contribution is 2.32. The molecule has 3 rings (SSSR count). The van der Waals surface area contributed by atoms with Crippen LogP contribution in [0.15, 0.2) is 18.2 Å². The summed E-state index contributed by atoms with van der Waals surface area (Å²) in [5.74, 6) is 1.41. The molecule has 1 aromatic rings. The highest BCUT2D eigenvalue weighted by Gasteiger charge is 2.28. The summed E-state index contributed by atoms with van der Waals surface area (Å²) in [5, 5.41) is 0. The number of hydrogen-bond acceptors (Lipinski definition) is 4. The maximum Gasteiger partial charge on any atom is 0.221 e. The van der Waals surface area contributed by atoms with Gasteiger partial charge in [-0.05, 0) is 37.5 Å². The van der Waals surface area contributed by atoms with Crippen LogP contribution in [0.2, 0.25) is 0 Å². The Morgan fingerprint density at radius 2 is 2.05 bits per heavy atom. The highest BCUT2D eigenvalue weighted by atomic mass is 16.6. The summed E-state index contributed by atoms with van der Waals surface area (Å²) in [5.41, 5.74) is 6.63. The minimum atomic E-state index is -0.186. The van der Waals surface area contributed by atoms with E-state index in [4.69, 9.17) is 15.2 Å². The summed E-state index contributed by atoms with van der Waals surface area (Å²) in [6, 6.07) is 6.53. The van der Waals surface area contributed by atoms with Gasteiger partial charge < -0.3 is 15.2 Å². The van der Waals surface area contributed by atoms with Gasteiger partial charge in [0, 0.05) is 19.1 Å². The SMILES string of the molecule is C[C@@H]1CC[C@@H](C(N)=O)CN1Cc1ccc2c(c1)OCCO2. The van der Waals surface area contributed by atoms with Gasteiger partial charge in [0.15, 0.2) is 11.5 Å². The maximum absolute atomic E-state index is 11.4. The van der Waals surface area contributed by atoms with E-state index in [1.165, 1.54) is 5.56 Å². The molecule has 5 heteroatoms. The minimum absolute atomic E-state index is 0.0292. The van der Waals surface area contributed by atoms with Crippen molar-refractivity contribution in [1.29, 1.82) is 0 Å². The fourth-order valence-electron chi connectivity index (χ4n) is 3.05. The van der Waals surface area contributed by atoms with E-state index in [9.17, 15) is 4.79 Å². The lowest BCUT2D eigenvalue weighted by Gasteiger charge is -2.37. The molecule has 1 fully saturated rings. The molecule has 1 aromatic carbocycles. The summed E-state index contributed by atoms with van der Waals surface area (Å²) in [6.45, 7) is 4.96. The van der Waals surface area contributed by atoms with Crippen molar-refractivity contribution in [3.8, 4) is 11.5 Å². The average Bonchev–Trinajstić information content (AvgIpc) is 2.49. The first-order chi connectivity index (χ1) is 10.1. The monoisotopic (exact) mass is 290 g/mol. The first-order valence-electron chi connectivity index (χ1n) is 7.55. The number of likely N-dealkylation sites (tertiary alicyclic amines) is 1. The van der Waals surface area contributed by atoms with E-state index in [0.29, 0.717) is 19.3 Å². The molecule has 0 aliphatic carbocycles. The summed E-state index contributed by atoms with van der Waals surface area (Å²) >= 11 is 0. The molecule has 2 aliphatic rings. The van der Waals surface area contributed by atoms with Crippen LogP contribution >= 0.6 is 0 Å². The number of fused-ring (bicyclic) bond motifs is 1. The molecule has 0 bridgehead atoms. The standard InChI is InChI=1S/C16H22N2O3/c1-11-2-4-13(16(17)19)10-18(11)9-12-3-5-14-15(8-12)21-7-6-20-14/h3,5,8,11,13H,2,4,6-7,9-10H2,1H3,(H2,17,19)/t11-,13-/m1/s1. The molecular formula is C16H22N2O3. The summed E-state index contributed by atoms with van der Waals surface area (Å²) in [4.78, 5) is 13.7. The number of nitrogens with two attached hydrogens (primary N) is 1. The van der Waals surface area contributed by atoms with Crippen LogP contribution in [-0.4, -0.2) is 36.6 Å². The van der Waals surface area contributed by atoms with Crippen molar-refractivity contribution in [2.45, 2.75) is 32.4 Å². The van der Waals surface area contributed by atoms with E-state index in [0.717, 1.165) is 37.4 Å². The summed E-state index contributed by atoms with van der Waals surface area (Å²) in [6.07, 6.45) is 1.91. The minimum Gasteiger partial charge on any atom is -0.486 e. The first kappa shape index (κ1) is 14.2. The Bertz CT molecular complexity index is 532.